The van der Waals surface area contributed by atoms with Gasteiger partial charge in [-0.1, -0.05) is 57.2 Å². The summed E-state index contributed by atoms with van der Waals surface area (Å²) in [7, 11) is 0.677. The van der Waals surface area contributed by atoms with Crippen LogP contribution in [-0.2, 0) is 23.0 Å². The Morgan fingerprint density at radius 1 is 1.10 bits per heavy atom. The van der Waals surface area contributed by atoms with E-state index in [2.05, 4.69) is 0 Å². The van der Waals surface area contributed by atoms with E-state index in [9.17, 15) is 23.3 Å². The number of rotatable bonds is 10. The highest BCUT2D eigenvalue weighted by atomic mass is 32.9. The van der Waals surface area contributed by atoms with Crippen LogP contribution >= 0.6 is 32.9 Å². The number of hydrogen-bond donors (Lipinski definition) is 1. The van der Waals surface area contributed by atoms with Crippen molar-refractivity contribution in [2.45, 2.75) is 17.9 Å². The molecule has 0 saturated carbocycles. The van der Waals surface area contributed by atoms with Crippen LogP contribution in [0.1, 0.15) is 21.5 Å². The maximum Gasteiger partial charge on any atom is 0.273 e. The standard InChI is InChI=1S/C26H23N3O6S4/c1-35-24-14-21(29(31)32)9-8-20(24)15-28(13-12-17-2-10-22(11-3-17)39(27,33)34)25(30)19-6-4-18(5-7-19)23-16-37-38-26(23)36/h2-11,14,16H,12-13,15H2,1H3,(H2,27,33,34). The lowest BCUT2D eigenvalue weighted by molar-refractivity contribution is -0.384. The fraction of sp³-hybridized carbons (Fsp3) is 0.154. The quantitative estimate of drug-likeness (QED) is 0.107. The number of methoxy groups -OCH3 is 1. The Kier molecular flexibility index (Phi) is 8.87. The highest BCUT2D eigenvalue weighted by Gasteiger charge is 2.20. The molecule has 0 saturated heterocycles. The van der Waals surface area contributed by atoms with Crippen LogP contribution in [0.15, 0.2) is 77.0 Å². The van der Waals surface area contributed by atoms with Crippen molar-refractivity contribution in [3.05, 3.63) is 103 Å². The Bertz CT molecular complexity index is 1660. The zero-order valence-corrected chi connectivity index (χ0v) is 23.9. The lowest BCUT2D eigenvalue weighted by Crippen LogP contribution is -2.32. The fourth-order valence-corrected chi connectivity index (χ4v) is 6.83. The van der Waals surface area contributed by atoms with Crippen molar-refractivity contribution in [2.24, 2.45) is 5.14 Å². The van der Waals surface area contributed by atoms with Crippen molar-refractivity contribution < 1.29 is 22.9 Å². The lowest BCUT2D eigenvalue weighted by atomic mass is 10.1. The van der Waals surface area contributed by atoms with E-state index < -0.39 is 14.9 Å². The highest BCUT2D eigenvalue weighted by Crippen LogP contribution is 2.29. The number of nitrogens with two attached hydrogens (primary N) is 1. The summed E-state index contributed by atoms with van der Waals surface area (Å²) in [6.07, 6.45) is 0.430. The molecule has 0 fully saturated rings. The predicted octanol–water partition coefficient (Wildman–Crippen LogP) is 5.66. The average Bonchev–Trinajstić information content (AvgIpc) is 3.36. The Balaban J connectivity index is 1.61. The summed E-state index contributed by atoms with van der Waals surface area (Å²) in [6.45, 7) is 0.428. The molecule has 3 aromatic carbocycles. The van der Waals surface area contributed by atoms with Gasteiger partial charge in [-0.05, 0) is 47.9 Å². The van der Waals surface area contributed by atoms with Crippen LogP contribution in [0.2, 0.25) is 0 Å². The van der Waals surface area contributed by atoms with Crippen molar-refractivity contribution in [1.29, 1.82) is 0 Å². The molecule has 0 radical (unpaired) electrons. The largest absolute Gasteiger partial charge is 0.496 e. The van der Waals surface area contributed by atoms with E-state index in [0.29, 0.717) is 23.3 Å². The minimum atomic E-state index is -3.81. The number of nitro groups is 1. The summed E-state index contributed by atoms with van der Waals surface area (Å²) in [5, 5.41) is 18.4. The zero-order valence-electron chi connectivity index (χ0n) is 20.6. The molecule has 0 atom stereocenters. The van der Waals surface area contributed by atoms with E-state index >= 15 is 0 Å². The van der Waals surface area contributed by atoms with Crippen molar-refractivity contribution in [3.8, 4) is 16.9 Å². The molecular formula is C26H23N3O6S4. The third-order valence-corrected chi connectivity index (χ3v) is 9.60. The molecule has 0 aliphatic carbocycles. The van der Waals surface area contributed by atoms with Gasteiger partial charge in [-0.2, -0.15) is 0 Å². The maximum atomic E-state index is 13.7. The second kappa shape index (κ2) is 12.1. The van der Waals surface area contributed by atoms with E-state index in [0.717, 1.165) is 20.5 Å². The molecule has 9 nitrogen and oxygen atoms in total. The van der Waals surface area contributed by atoms with Gasteiger partial charge in [0.2, 0.25) is 10.0 Å². The van der Waals surface area contributed by atoms with E-state index in [-0.39, 0.29) is 29.6 Å². The van der Waals surface area contributed by atoms with E-state index in [1.807, 2.05) is 17.5 Å². The van der Waals surface area contributed by atoms with Gasteiger partial charge < -0.3 is 9.64 Å². The Labute approximate surface area is 237 Å². The first-order valence-corrected chi connectivity index (χ1v) is 15.6. The van der Waals surface area contributed by atoms with Gasteiger partial charge in [0.15, 0.2) is 0 Å². The second-order valence-electron chi connectivity index (χ2n) is 8.49. The molecule has 1 heterocycles. The molecule has 202 valence electrons. The van der Waals surface area contributed by atoms with Crippen LogP contribution in [0.5, 0.6) is 5.75 Å². The van der Waals surface area contributed by atoms with Crippen molar-refractivity contribution in [2.75, 3.05) is 13.7 Å². The normalized spacial score (nSPS) is 11.2. The van der Waals surface area contributed by atoms with E-state index in [1.54, 1.807) is 45.6 Å². The number of nitro benzene ring substituents is 1. The van der Waals surface area contributed by atoms with Crippen LogP contribution in [0.3, 0.4) is 0 Å². The van der Waals surface area contributed by atoms with Crippen molar-refractivity contribution in [3.63, 3.8) is 0 Å². The molecule has 1 amide bonds. The molecule has 0 unspecified atom stereocenters. The molecule has 0 bridgehead atoms. The number of carbonyl (C=O) groups is 1. The first kappa shape index (κ1) is 28.5. The first-order chi connectivity index (χ1) is 18.6. The van der Waals surface area contributed by atoms with E-state index in [4.69, 9.17) is 22.1 Å². The second-order valence-corrected chi connectivity index (χ2v) is 12.8. The van der Waals surface area contributed by atoms with Gasteiger partial charge in [0.25, 0.3) is 11.6 Å². The molecule has 39 heavy (non-hydrogen) atoms. The number of benzene rings is 3. The number of amides is 1. The van der Waals surface area contributed by atoms with Crippen LogP contribution in [0.25, 0.3) is 11.1 Å². The third kappa shape index (κ3) is 6.94. The number of primary sulfonamides is 1. The first-order valence-electron chi connectivity index (χ1n) is 11.5. The summed E-state index contributed by atoms with van der Waals surface area (Å²) >= 11 is 5.38. The van der Waals surface area contributed by atoms with Crippen LogP contribution < -0.4 is 9.88 Å². The average molecular weight is 602 g/mol. The predicted molar refractivity (Wildman–Crippen MR) is 154 cm³/mol. The summed E-state index contributed by atoms with van der Waals surface area (Å²) in [5.41, 5.74) is 3.64. The molecule has 4 aromatic rings. The topological polar surface area (TPSA) is 133 Å². The molecular weight excluding hydrogens is 579 g/mol. The lowest BCUT2D eigenvalue weighted by Gasteiger charge is -2.24. The molecule has 2 N–H and O–H groups in total. The Morgan fingerprint density at radius 2 is 1.79 bits per heavy atom. The summed E-state index contributed by atoms with van der Waals surface area (Å²) in [4.78, 5) is 26.0. The number of hydrogen-bond acceptors (Lipinski definition) is 9. The van der Waals surface area contributed by atoms with Crippen LogP contribution in [0, 0.1) is 13.9 Å². The number of sulfonamides is 1. The smallest absolute Gasteiger partial charge is 0.273 e. The van der Waals surface area contributed by atoms with Crippen molar-refractivity contribution >= 4 is 54.5 Å². The van der Waals surface area contributed by atoms with E-state index in [1.165, 1.54) is 41.7 Å². The van der Waals surface area contributed by atoms with Crippen LogP contribution in [0.4, 0.5) is 5.69 Å². The van der Waals surface area contributed by atoms with Gasteiger partial charge in [0, 0.05) is 41.2 Å². The number of non-ortho nitro benzene ring substituents is 1. The Morgan fingerprint density at radius 3 is 2.36 bits per heavy atom. The fourth-order valence-electron chi connectivity index (χ4n) is 3.92. The van der Waals surface area contributed by atoms with Gasteiger partial charge in [0.05, 0.1) is 23.0 Å². The van der Waals surface area contributed by atoms with Gasteiger partial charge in [-0.25, -0.2) is 13.6 Å². The zero-order chi connectivity index (χ0) is 28.2. The molecule has 13 heteroatoms. The highest BCUT2D eigenvalue weighted by molar-refractivity contribution is 7.89. The summed E-state index contributed by atoms with van der Waals surface area (Å²) in [6, 6.07) is 17.6. The maximum absolute atomic E-state index is 13.7. The molecule has 4 rings (SSSR count). The minimum Gasteiger partial charge on any atom is -0.496 e. The number of nitrogens with zero attached hydrogens (tertiary/aromatic N) is 2. The number of ether oxygens (including phenoxy) is 1. The minimum absolute atomic E-state index is 0.00328. The molecule has 1 aromatic heterocycles. The van der Waals surface area contributed by atoms with Gasteiger partial charge in [-0.15, -0.1) is 0 Å². The molecule has 0 aliphatic rings. The van der Waals surface area contributed by atoms with Gasteiger partial charge in [-0.3, -0.25) is 14.9 Å². The van der Waals surface area contributed by atoms with Gasteiger partial charge in [0.1, 0.15) is 9.57 Å². The summed E-state index contributed by atoms with van der Waals surface area (Å²) in [5.74, 6) is 0.0568. The summed E-state index contributed by atoms with van der Waals surface area (Å²) < 4.78 is 29.3. The third-order valence-electron chi connectivity index (χ3n) is 6.00. The SMILES string of the molecule is COc1cc([N+](=O)[O-])ccc1CN(CCc1ccc(S(N)(=O)=O)cc1)C(=O)c1ccc(-c2cssc2=S)cc1. The monoisotopic (exact) mass is 601 g/mol. The van der Waals surface area contributed by atoms with Crippen molar-refractivity contribution in [1.82, 2.24) is 4.90 Å². The van der Waals surface area contributed by atoms with Crippen LogP contribution in [-0.4, -0.2) is 37.8 Å². The number of carbonyl (C=O) groups excluding carboxylic acids is 1. The molecule has 0 aliphatic heterocycles. The Hall–Kier alpha value is -3.49. The molecule has 0 spiro atoms. The van der Waals surface area contributed by atoms with Gasteiger partial charge >= 0.3 is 0 Å².